The van der Waals surface area contributed by atoms with Crippen LogP contribution in [0.25, 0.3) is 0 Å². The Hall–Kier alpha value is -1.01. The summed E-state index contributed by atoms with van der Waals surface area (Å²) in [5.74, 6) is -0.411. The van der Waals surface area contributed by atoms with E-state index in [4.69, 9.17) is 4.74 Å². The minimum Gasteiger partial charge on any atom is -0.379 e. The van der Waals surface area contributed by atoms with E-state index >= 15 is 0 Å². The molecule has 0 bridgehead atoms. The van der Waals surface area contributed by atoms with Crippen LogP contribution in [0.2, 0.25) is 0 Å². The Morgan fingerprint density at radius 1 is 1.28 bits per heavy atom. The first-order valence-electron chi connectivity index (χ1n) is 7.62. The second-order valence-corrected chi connectivity index (χ2v) is 9.61. The van der Waals surface area contributed by atoms with Gasteiger partial charge in [0.05, 0.1) is 13.2 Å². The monoisotopic (exact) mass is 492 g/mol. The molecule has 1 aromatic carbocycles. The maximum Gasteiger partial charge on any atom is 0.267 e. The minimum atomic E-state index is -3.70. The number of halogens is 1. The van der Waals surface area contributed by atoms with Gasteiger partial charge in [-0.2, -0.15) is 4.31 Å². The van der Waals surface area contributed by atoms with Gasteiger partial charge in [0.2, 0.25) is 10.0 Å². The van der Waals surface area contributed by atoms with E-state index < -0.39 is 15.9 Å². The topological polar surface area (TPSA) is 75.7 Å². The molecule has 1 aliphatic heterocycles. The number of anilines is 1. The van der Waals surface area contributed by atoms with Crippen molar-refractivity contribution in [2.24, 2.45) is 0 Å². The van der Waals surface area contributed by atoms with Gasteiger partial charge in [0.25, 0.3) is 5.91 Å². The molecule has 3 rings (SSSR count). The molecule has 1 aromatic heterocycles. The van der Waals surface area contributed by atoms with Gasteiger partial charge in [0.15, 0.2) is 0 Å². The standard InChI is InChI=1S/C16H17IN2O4S2/c1-11-10-12(17)2-3-13(11)18-16(20)15-14(4-9-24-15)25(21,22)19-5-7-23-8-6-19/h2-4,9-10H,5-8H2,1H3,(H,18,20). The second kappa shape index (κ2) is 7.70. The van der Waals surface area contributed by atoms with Crippen LogP contribution in [-0.4, -0.2) is 44.9 Å². The Balaban J connectivity index is 1.86. The summed E-state index contributed by atoms with van der Waals surface area (Å²) in [4.78, 5) is 12.9. The first-order valence-corrected chi connectivity index (χ1v) is 11.0. The van der Waals surface area contributed by atoms with Gasteiger partial charge in [-0.3, -0.25) is 4.79 Å². The zero-order valence-corrected chi connectivity index (χ0v) is 17.3. The molecule has 0 aliphatic carbocycles. The molecule has 1 N–H and O–H groups in total. The van der Waals surface area contributed by atoms with Gasteiger partial charge in [-0.1, -0.05) is 0 Å². The van der Waals surface area contributed by atoms with Gasteiger partial charge >= 0.3 is 0 Å². The second-order valence-electron chi connectivity index (χ2n) is 5.54. The molecule has 0 saturated carbocycles. The fourth-order valence-corrected chi connectivity index (χ4v) is 5.89. The molecule has 134 valence electrons. The van der Waals surface area contributed by atoms with Gasteiger partial charge < -0.3 is 10.1 Å². The number of morpholine rings is 1. The normalized spacial score (nSPS) is 15.9. The van der Waals surface area contributed by atoms with Gasteiger partial charge in [0, 0.05) is 22.3 Å². The quantitative estimate of drug-likeness (QED) is 0.667. The Kier molecular flexibility index (Phi) is 5.78. The highest BCUT2D eigenvalue weighted by atomic mass is 127. The molecule has 0 unspecified atom stereocenters. The molecule has 1 amide bonds. The third-order valence-corrected chi connectivity index (χ3v) is 7.51. The van der Waals surface area contributed by atoms with Crippen molar-refractivity contribution in [1.82, 2.24) is 4.31 Å². The Morgan fingerprint density at radius 2 is 2.00 bits per heavy atom. The summed E-state index contributed by atoms with van der Waals surface area (Å²) in [5.41, 5.74) is 1.60. The van der Waals surface area contributed by atoms with Crippen LogP contribution >= 0.6 is 33.9 Å². The molecule has 6 nitrogen and oxygen atoms in total. The lowest BCUT2D eigenvalue weighted by atomic mass is 10.2. The molecule has 0 spiro atoms. The van der Waals surface area contributed by atoms with Crippen molar-refractivity contribution >= 4 is 55.5 Å². The highest BCUT2D eigenvalue weighted by Crippen LogP contribution is 2.27. The van der Waals surface area contributed by atoms with Gasteiger partial charge in [-0.25, -0.2) is 8.42 Å². The number of carbonyl (C=O) groups excluding carboxylic acids is 1. The number of hydrogen-bond donors (Lipinski definition) is 1. The van der Waals surface area contributed by atoms with E-state index in [1.54, 1.807) is 5.38 Å². The van der Waals surface area contributed by atoms with E-state index in [0.29, 0.717) is 32.0 Å². The Labute approximate surface area is 164 Å². The van der Waals surface area contributed by atoms with E-state index in [2.05, 4.69) is 27.9 Å². The van der Waals surface area contributed by atoms with Crippen LogP contribution in [0.15, 0.2) is 34.5 Å². The lowest BCUT2D eigenvalue weighted by Crippen LogP contribution is -2.41. The highest BCUT2D eigenvalue weighted by Gasteiger charge is 2.31. The number of ether oxygens (including phenoxy) is 1. The lowest BCUT2D eigenvalue weighted by molar-refractivity contribution is 0.0730. The third-order valence-electron chi connectivity index (χ3n) is 3.86. The third kappa shape index (κ3) is 4.05. The highest BCUT2D eigenvalue weighted by molar-refractivity contribution is 14.1. The van der Waals surface area contributed by atoms with Crippen molar-refractivity contribution in [2.75, 3.05) is 31.6 Å². The van der Waals surface area contributed by atoms with E-state index in [-0.39, 0.29) is 9.77 Å². The number of thiophene rings is 1. The van der Waals surface area contributed by atoms with E-state index in [1.807, 2.05) is 25.1 Å². The fraction of sp³-hybridized carbons (Fsp3) is 0.312. The number of amides is 1. The predicted molar refractivity (Wildman–Crippen MR) is 106 cm³/mol. The van der Waals surface area contributed by atoms with Gasteiger partial charge in [-0.15, -0.1) is 11.3 Å². The average molecular weight is 492 g/mol. The lowest BCUT2D eigenvalue weighted by Gasteiger charge is -2.26. The number of hydrogen-bond acceptors (Lipinski definition) is 5. The summed E-state index contributed by atoms with van der Waals surface area (Å²) >= 11 is 3.33. The molecular weight excluding hydrogens is 475 g/mol. The fourth-order valence-electron chi connectivity index (χ4n) is 2.54. The molecule has 2 aromatic rings. The number of carbonyl (C=O) groups is 1. The number of rotatable bonds is 4. The molecule has 1 aliphatic rings. The summed E-state index contributed by atoms with van der Waals surface area (Å²) in [7, 11) is -3.70. The summed E-state index contributed by atoms with van der Waals surface area (Å²) in [6.07, 6.45) is 0. The molecule has 2 heterocycles. The zero-order chi connectivity index (χ0) is 18.0. The van der Waals surface area contributed by atoms with E-state index in [1.165, 1.54) is 10.4 Å². The molecule has 25 heavy (non-hydrogen) atoms. The number of sulfonamides is 1. The predicted octanol–water partition coefficient (Wildman–Crippen LogP) is 2.93. The summed E-state index contributed by atoms with van der Waals surface area (Å²) < 4.78 is 33.3. The Morgan fingerprint density at radius 3 is 2.68 bits per heavy atom. The van der Waals surface area contributed by atoms with Crippen LogP contribution in [0.4, 0.5) is 5.69 Å². The molecule has 1 saturated heterocycles. The van der Waals surface area contributed by atoms with Gasteiger partial charge in [-0.05, 0) is 64.7 Å². The minimum absolute atomic E-state index is 0.0556. The SMILES string of the molecule is Cc1cc(I)ccc1NC(=O)c1sccc1S(=O)(=O)N1CCOCC1. The average Bonchev–Trinajstić information content (AvgIpc) is 3.09. The van der Waals surface area contributed by atoms with Crippen LogP contribution in [-0.2, 0) is 14.8 Å². The van der Waals surface area contributed by atoms with Crippen molar-refractivity contribution in [3.63, 3.8) is 0 Å². The molecule has 1 fully saturated rings. The number of nitrogens with zero attached hydrogens (tertiary/aromatic N) is 1. The molecule has 9 heteroatoms. The number of benzene rings is 1. The zero-order valence-electron chi connectivity index (χ0n) is 13.5. The van der Waals surface area contributed by atoms with Crippen LogP contribution in [0.3, 0.4) is 0 Å². The molecule has 0 radical (unpaired) electrons. The number of aryl methyl sites for hydroxylation is 1. The van der Waals surface area contributed by atoms with Crippen molar-refractivity contribution < 1.29 is 17.9 Å². The summed E-state index contributed by atoms with van der Waals surface area (Å²) in [6, 6.07) is 7.16. The summed E-state index contributed by atoms with van der Waals surface area (Å²) in [6.45, 7) is 3.24. The number of nitrogens with one attached hydrogen (secondary N) is 1. The maximum absolute atomic E-state index is 12.8. The van der Waals surface area contributed by atoms with Crippen molar-refractivity contribution in [3.8, 4) is 0 Å². The molecule has 0 atom stereocenters. The van der Waals surface area contributed by atoms with Crippen LogP contribution in [0.5, 0.6) is 0 Å². The maximum atomic E-state index is 12.8. The van der Waals surface area contributed by atoms with Crippen LogP contribution in [0, 0.1) is 10.5 Å². The Bertz CT molecular complexity index is 889. The first-order chi connectivity index (χ1) is 11.9. The van der Waals surface area contributed by atoms with Crippen LogP contribution < -0.4 is 5.32 Å². The van der Waals surface area contributed by atoms with Gasteiger partial charge in [0.1, 0.15) is 9.77 Å². The van der Waals surface area contributed by atoms with Crippen LogP contribution in [0.1, 0.15) is 15.2 Å². The smallest absolute Gasteiger partial charge is 0.267 e. The molecular formula is C16H17IN2O4S2. The van der Waals surface area contributed by atoms with Crippen molar-refractivity contribution in [2.45, 2.75) is 11.8 Å². The van der Waals surface area contributed by atoms with E-state index in [9.17, 15) is 13.2 Å². The van der Waals surface area contributed by atoms with Crippen molar-refractivity contribution in [1.29, 1.82) is 0 Å². The largest absolute Gasteiger partial charge is 0.379 e. The summed E-state index contributed by atoms with van der Waals surface area (Å²) in [5, 5.41) is 4.44. The van der Waals surface area contributed by atoms with Crippen molar-refractivity contribution in [3.05, 3.63) is 43.7 Å². The van der Waals surface area contributed by atoms with E-state index in [0.717, 1.165) is 20.5 Å². The first kappa shape index (κ1) is 18.8.